The first-order valence-electron chi connectivity index (χ1n) is 9.23. The maximum absolute atomic E-state index is 12.2. The fourth-order valence-corrected chi connectivity index (χ4v) is 3.32. The van der Waals surface area contributed by atoms with Gasteiger partial charge in [-0.1, -0.05) is 19.9 Å². The van der Waals surface area contributed by atoms with E-state index in [2.05, 4.69) is 13.8 Å². The quantitative estimate of drug-likeness (QED) is 0.529. The smallest absolute Gasteiger partial charge is 0.331 e. The summed E-state index contributed by atoms with van der Waals surface area (Å²) < 4.78 is 15.5. The Morgan fingerprint density at radius 2 is 1.96 bits per heavy atom. The second-order valence-electron chi connectivity index (χ2n) is 7.04. The first kappa shape index (κ1) is 21.3. The van der Waals surface area contributed by atoms with E-state index in [4.69, 9.17) is 19.5 Å². The van der Waals surface area contributed by atoms with Crippen LogP contribution in [-0.2, 0) is 14.3 Å². The summed E-state index contributed by atoms with van der Waals surface area (Å²) >= 11 is 0. The Labute approximate surface area is 165 Å². The summed E-state index contributed by atoms with van der Waals surface area (Å²) in [7, 11) is 1.49. The Bertz CT molecular complexity index is 759. The molecule has 0 saturated carbocycles. The van der Waals surface area contributed by atoms with Crippen molar-refractivity contribution in [2.75, 3.05) is 33.4 Å². The number of piperidine rings is 1. The molecule has 1 aromatic rings. The minimum atomic E-state index is -0.588. The fourth-order valence-electron chi connectivity index (χ4n) is 3.32. The molecule has 150 valence electrons. The monoisotopic (exact) mass is 386 g/mol. The third-order valence-electron chi connectivity index (χ3n) is 4.45. The van der Waals surface area contributed by atoms with Gasteiger partial charge >= 0.3 is 5.97 Å². The maximum Gasteiger partial charge on any atom is 0.331 e. The van der Waals surface area contributed by atoms with E-state index >= 15 is 0 Å². The standard InChI is InChI=1S/C21H26N2O5/c1-15-10-16(2)13-23(12-15)20(24)14-28-21(25)7-5-17-4-6-18(27-9-8-22)19(11-17)26-3/h4-7,11,15-16H,9-10,12-14H2,1-3H3/b7-5+/t15-,16-/m0/s1. The maximum atomic E-state index is 12.2. The number of hydrogen-bond donors (Lipinski definition) is 0. The number of methoxy groups -OCH3 is 1. The molecule has 1 amide bonds. The van der Waals surface area contributed by atoms with Gasteiger partial charge in [0.15, 0.2) is 24.7 Å². The third-order valence-corrected chi connectivity index (χ3v) is 4.45. The predicted octanol–water partition coefficient (Wildman–Crippen LogP) is 2.66. The highest BCUT2D eigenvalue weighted by Gasteiger charge is 2.25. The lowest BCUT2D eigenvalue weighted by Crippen LogP contribution is -2.44. The van der Waals surface area contributed by atoms with Crippen molar-refractivity contribution in [1.82, 2.24) is 4.90 Å². The number of nitriles is 1. The molecule has 0 N–H and O–H groups in total. The van der Waals surface area contributed by atoms with E-state index in [1.165, 1.54) is 13.2 Å². The number of hydrogen-bond acceptors (Lipinski definition) is 6. The predicted molar refractivity (Wildman–Crippen MR) is 104 cm³/mol. The van der Waals surface area contributed by atoms with Crippen molar-refractivity contribution in [2.24, 2.45) is 11.8 Å². The molecule has 0 bridgehead atoms. The second kappa shape index (κ2) is 10.4. The van der Waals surface area contributed by atoms with Gasteiger partial charge in [-0.25, -0.2) is 4.79 Å². The molecule has 28 heavy (non-hydrogen) atoms. The van der Waals surface area contributed by atoms with Gasteiger partial charge < -0.3 is 19.1 Å². The topological polar surface area (TPSA) is 88.9 Å². The normalized spacial score (nSPS) is 19.1. The molecule has 0 aliphatic carbocycles. The summed E-state index contributed by atoms with van der Waals surface area (Å²) in [5.74, 6) is 1.06. The molecule has 1 aliphatic rings. The summed E-state index contributed by atoms with van der Waals surface area (Å²) in [5.41, 5.74) is 0.697. The van der Waals surface area contributed by atoms with E-state index in [-0.39, 0.29) is 19.1 Å². The Morgan fingerprint density at radius 1 is 1.25 bits per heavy atom. The lowest BCUT2D eigenvalue weighted by molar-refractivity contribution is -0.149. The average Bonchev–Trinajstić information content (AvgIpc) is 2.68. The third kappa shape index (κ3) is 6.31. The Balaban J connectivity index is 1.87. The van der Waals surface area contributed by atoms with Crippen molar-refractivity contribution in [3.05, 3.63) is 29.8 Å². The van der Waals surface area contributed by atoms with Crippen molar-refractivity contribution in [2.45, 2.75) is 20.3 Å². The van der Waals surface area contributed by atoms with Crippen LogP contribution < -0.4 is 9.47 Å². The van der Waals surface area contributed by atoms with Crippen LogP contribution in [0.25, 0.3) is 6.08 Å². The van der Waals surface area contributed by atoms with Crippen LogP contribution in [0.4, 0.5) is 0 Å². The summed E-state index contributed by atoms with van der Waals surface area (Å²) in [6.45, 7) is 5.31. The fraction of sp³-hybridized carbons (Fsp3) is 0.476. The molecule has 7 heteroatoms. The highest BCUT2D eigenvalue weighted by molar-refractivity contribution is 5.89. The number of esters is 1. The van der Waals surface area contributed by atoms with Crippen LogP contribution in [0.2, 0.25) is 0 Å². The van der Waals surface area contributed by atoms with Gasteiger partial charge in [0.05, 0.1) is 7.11 Å². The molecule has 7 nitrogen and oxygen atoms in total. The van der Waals surface area contributed by atoms with Crippen LogP contribution >= 0.6 is 0 Å². The SMILES string of the molecule is COc1cc(/C=C/C(=O)OCC(=O)N2C[C@@H](C)C[C@H](C)C2)ccc1OCC#N. The van der Waals surface area contributed by atoms with Gasteiger partial charge in [0.2, 0.25) is 0 Å². The zero-order valence-corrected chi connectivity index (χ0v) is 16.5. The van der Waals surface area contributed by atoms with E-state index in [0.29, 0.717) is 42.0 Å². The Kier molecular flexibility index (Phi) is 7.88. The molecule has 1 heterocycles. The average molecular weight is 386 g/mol. The molecule has 0 aromatic heterocycles. The lowest BCUT2D eigenvalue weighted by Gasteiger charge is -2.34. The zero-order valence-electron chi connectivity index (χ0n) is 16.5. The van der Waals surface area contributed by atoms with Gasteiger partial charge in [-0.3, -0.25) is 4.79 Å². The van der Waals surface area contributed by atoms with Crippen LogP contribution in [-0.4, -0.2) is 50.2 Å². The molecule has 1 aromatic carbocycles. The molecule has 2 rings (SSSR count). The molecule has 1 fully saturated rings. The zero-order chi connectivity index (χ0) is 20.5. The summed E-state index contributed by atoms with van der Waals surface area (Å²) in [6.07, 6.45) is 3.93. The number of rotatable bonds is 7. The first-order chi connectivity index (χ1) is 13.4. The van der Waals surface area contributed by atoms with Gasteiger partial charge in [-0.15, -0.1) is 0 Å². The van der Waals surface area contributed by atoms with Crippen molar-refractivity contribution in [3.63, 3.8) is 0 Å². The molecular weight excluding hydrogens is 360 g/mol. The van der Waals surface area contributed by atoms with E-state index in [1.807, 2.05) is 6.07 Å². The number of amides is 1. The lowest BCUT2D eigenvalue weighted by atomic mass is 9.92. The molecular formula is C21H26N2O5. The second-order valence-corrected chi connectivity index (χ2v) is 7.04. The van der Waals surface area contributed by atoms with Gasteiger partial charge in [-0.05, 0) is 42.0 Å². The summed E-state index contributed by atoms with van der Waals surface area (Å²) in [6, 6.07) is 6.95. The van der Waals surface area contributed by atoms with Crippen LogP contribution in [0, 0.1) is 23.2 Å². The molecule has 1 saturated heterocycles. The first-order valence-corrected chi connectivity index (χ1v) is 9.23. The minimum absolute atomic E-state index is 0.0829. The van der Waals surface area contributed by atoms with E-state index < -0.39 is 5.97 Å². The van der Waals surface area contributed by atoms with Gasteiger partial charge in [-0.2, -0.15) is 5.26 Å². The summed E-state index contributed by atoms with van der Waals surface area (Å²) in [5, 5.41) is 8.58. The Morgan fingerprint density at radius 3 is 2.61 bits per heavy atom. The highest BCUT2D eigenvalue weighted by Crippen LogP contribution is 2.28. The van der Waals surface area contributed by atoms with E-state index in [1.54, 1.807) is 29.2 Å². The van der Waals surface area contributed by atoms with Crippen molar-refractivity contribution >= 4 is 18.0 Å². The number of carbonyl (C=O) groups excluding carboxylic acids is 2. The number of nitrogens with zero attached hydrogens (tertiary/aromatic N) is 2. The largest absolute Gasteiger partial charge is 0.493 e. The minimum Gasteiger partial charge on any atom is -0.493 e. The van der Waals surface area contributed by atoms with Crippen molar-refractivity contribution < 1.29 is 23.8 Å². The highest BCUT2D eigenvalue weighted by atomic mass is 16.5. The molecule has 2 atom stereocenters. The molecule has 1 aliphatic heterocycles. The number of likely N-dealkylation sites (tertiary alicyclic amines) is 1. The van der Waals surface area contributed by atoms with E-state index in [9.17, 15) is 9.59 Å². The Hall–Kier alpha value is -3.01. The van der Waals surface area contributed by atoms with Gasteiger partial charge in [0.25, 0.3) is 5.91 Å². The molecule has 0 radical (unpaired) electrons. The van der Waals surface area contributed by atoms with Crippen molar-refractivity contribution in [1.29, 1.82) is 5.26 Å². The van der Waals surface area contributed by atoms with E-state index in [0.717, 1.165) is 6.42 Å². The van der Waals surface area contributed by atoms with Crippen molar-refractivity contribution in [3.8, 4) is 17.6 Å². The van der Waals surface area contributed by atoms with Crippen LogP contribution in [0.3, 0.4) is 0 Å². The van der Waals surface area contributed by atoms with Crippen LogP contribution in [0.1, 0.15) is 25.8 Å². The molecule has 0 unspecified atom stereocenters. The van der Waals surface area contributed by atoms with Gasteiger partial charge in [0.1, 0.15) is 6.07 Å². The van der Waals surface area contributed by atoms with Crippen LogP contribution in [0.15, 0.2) is 24.3 Å². The number of benzene rings is 1. The van der Waals surface area contributed by atoms with Gasteiger partial charge in [0, 0.05) is 19.2 Å². The number of ether oxygens (including phenoxy) is 3. The summed E-state index contributed by atoms with van der Waals surface area (Å²) in [4.78, 5) is 25.9. The van der Waals surface area contributed by atoms with Crippen LogP contribution in [0.5, 0.6) is 11.5 Å². The molecule has 0 spiro atoms. The number of carbonyl (C=O) groups is 2.